The molecule has 0 saturated carbocycles. The largest absolute Gasteiger partial charge is 0.493 e. The van der Waals surface area contributed by atoms with Crippen molar-refractivity contribution < 1.29 is 23.9 Å². The Labute approximate surface area is 161 Å². The highest BCUT2D eigenvalue weighted by Gasteiger charge is 2.12. The third-order valence-electron chi connectivity index (χ3n) is 3.44. The average Bonchev–Trinajstić information content (AvgIpc) is 2.71. The van der Waals surface area contributed by atoms with Gasteiger partial charge in [0.15, 0.2) is 18.1 Å². The number of hydrazone groups is 1. The van der Waals surface area contributed by atoms with Crippen molar-refractivity contribution >= 4 is 23.9 Å². The lowest BCUT2D eigenvalue weighted by Gasteiger charge is -2.09. The zero-order chi connectivity index (χ0) is 20.4. The van der Waals surface area contributed by atoms with Gasteiger partial charge in [-0.2, -0.15) is 5.10 Å². The van der Waals surface area contributed by atoms with E-state index in [9.17, 15) is 14.4 Å². The Morgan fingerprint density at radius 1 is 1.07 bits per heavy atom. The van der Waals surface area contributed by atoms with E-state index in [1.807, 2.05) is 30.3 Å². The van der Waals surface area contributed by atoms with Crippen molar-refractivity contribution in [3.05, 3.63) is 59.7 Å². The molecule has 0 aliphatic rings. The first-order valence-electron chi connectivity index (χ1n) is 8.24. The maximum absolute atomic E-state index is 11.8. The monoisotopic (exact) mass is 384 g/mol. The smallest absolute Gasteiger partial charge is 0.329 e. The number of primary amides is 1. The normalized spacial score (nSPS) is 10.3. The van der Waals surface area contributed by atoms with E-state index in [0.717, 1.165) is 5.56 Å². The average molecular weight is 384 g/mol. The number of amides is 3. The van der Waals surface area contributed by atoms with Gasteiger partial charge < -0.3 is 20.5 Å². The van der Waals surface area contributed by atoms with E-state index in [0.29, 0.717) is 17.1 Å². The zero-order valence-corrected chi connectivity index (χ0v) is 15.2. The standard InChI is InChI=1S/C19H20N4O5/c1-27-16-9-14(7-8-15(16)28-12-17(20)24)11-22-23-19(26)18(25)21-10-13-5-3-2-4-6-13/h2-9,11H,10,12H2,1H3,(H2,20,24)(H,21,25)(H,23,26)/b22-11+. The molecule has 28 heavy (non-hydrogen) atoms. The molecular formula is C19H20N4O5. The van der Waals surface area contributed by atoms with E-state index in [1.165, 1.54) is 13.3 Å². The molecule has 3 amide bonds. The summed E-state index contributed by atoms with van der Waals surface area (Å²) >= 11 is 0. The van der Waals surface area contributed by atoms with Gasteiger partial charge in [-0.3, -0.25) is 14.4 Å². The highest BCUT2D eigenvalue weighted by molar-refractivity contribution is 6.35. The maximum atomic E-state index is 11.8. The number of benzene rings is 2. The number of methoxy groups -OCH3 is 1. The number of rotatable bonds is 8. The summed E-state index contributed by atoms with van der Waals surface area (Å²) in [5.41, 5.74) is 8.63. The molecule has 0 aliphatic heterocycles. The molecule has 9 heteroatoms. The van der Waals surface area contributed by atoms with Crippen molar-refractivity contribution in [2.24, 2.45) is 10.8 Å². The number of nitrogens with two attached hydrogens (primary N) is 1. The van der Waals surface area contributed by atoms with E-state index in [4.69, 9.17) is 15.2 Å². The van der Waals surface area contributed by atoms with Gasteiger partial charge in [0.2, 0.25) is 0 Å². The lowest BCUT2D eigenvalue weighted by molar-refractivity contribution is -0.139. The Hall–Kier alpha value is -3.88. The molecule has 146 valence electrons. The van der Waals surface area contributed by atoms with Gasteiger partial charge >= 0.3 is 11.8 Å². The van der Waals surface area contributed by atoms with Gasteiger partial charge in [-0.25, -0.2) is 5.43 Å². The molecule has 0 fully saturated rings. The van der Waals surface area contributed by atoms with Crippen LogP contribution >= 0.6 is 0 Å². The number of hydrogen-bond acceptors (Lipinski definition) is 6. The number of nitrogens with one attached hydrogen (secondary N) is 2. The quantitative estimate of drug-likeness (QED) is 0.343. The highest BCUT2D eigenvalue weighted by atomic mass is 16.5. The Kier molecular flexibility index (Phi) is 7.53. The summed E-state index contributed by atoms with van der Waals surface area (Å²) < 4.78 is 10.4. The van der Waals surface area contributed by atoms with Gasteiger partial charge in [-0.15, -0.1) is 0 Å². The van der Waals surface area contributed by atoms with Gasteiger partial charge in [0.05, 0.1) is 13.3 Å². The second-order valence-electron chi connectivity index (χ2n) is 5.53. The molecule has 4 N–H and O–H groups in total. The summed E-state index contributed by atoms with van der Waals surface area (Å²) in [6.07, 6.45) is 1.34. The van der Waals surface area contributed by atoms with Crippen molar-refractivity contribution in [3.8, 4) is 11.5 Å². The van der Waals surface area contributed by atoms with E-state index >= 15 is 0 Å². The zero-order valence-electron chi connectivity index (χ0n) is 15.2. The number of carbonyl (C=O) groups is 3. The molecule has 2 aromatic carbocycles. The summed E-state index contributed by atoms with van der Waals surface area (Å²) in [5.74, 6) is -1.60. The van der Waals surface area contributed by atoms with Gasteiger partial charge in [0, 0.05) is 6.54 Å². The van der Waals surface area contributed by atoms with Crippen LogP contribution in [0.1, 0.15) is 11.1 Å². The predicted molar refractivity (Wildman–Crippen MR) is 102 cm³/mol. The van der Waals surface area contributed by atoms with Crippen molar-refractivity contribution in [3.63, 3.8) is 0 Å². The van der Waals surface area contributed by atoms with Crippen LogP contribution in [0.15, 0.2) is 53.6 Å². The molecular weight excluding hydrogens is 364 g/mol. The fraction of sp³-hybridized carbons (Fsp3) is 0.158. The Bertz CT molecular complexity index is 868. The number of ether oxygens (including phenoxy) is 2. The van der Waals surface area contributed by atoms with Crippen LogP contribution in [0.4, 0.5) is 0 Å². The van der Waals surface area contributed by atoms with Crippen molar-refractivity contribution in [2.45, 2.75) is 6.54 Å². The second kappa shape index (κ2) is 10.3. The van der Waals surface area contributed by atoms with Crippen molar-refractivity contribution in [1.29, 1.82) is 0 Å². The Morgan fingerprint density at radius 2 is 1.82 bits per heavy atom. The minimum Gasteiger partial charge on any atom is -0.493 e. The summed E-state index contributed by atoms with van der Waals surface area (Å²) in [4.78, 5) is 34.3. The maximum Gasteiger partial charge on any atom is 0.329 e. The van der Waals surface area contributed by atoms with Crippen molar-refractivity contribution in [1.82, 2.24) is 10.7 Å². The Balaban J connectivity index is 1.87. The molecule has 0 aromatic heterocycles. The molecule has 0 saturated heterocycles. The molecule has 0 radical (unpaired) electrons. The first-order chi connectivity index (χ1) is 13.5. The lowest BCUT2D eigenvalue weighted by atomic mass is 10.2. The third kappa shape index (κ3) is 6.45. The molecule has 9 nitrogen and oxygen atoms in total. The summed E-state index contributed by atoms with van der Waals surface area (Å²) in [6, 6.07) is 14.0. The van der Waals surface area contributed by atoms with Crippen molar-refractivity contribution in [2.75, 3.05) is 13.7 Å². The van der Waals surface area contributed by atoms with E-state index in [-0.39, 0.29) is 13.2 Å². The number of hydrogen-bond donors (Lipinski definition) is 3. The van der Waals surface area contributed by atoms with Gasteiger partial charge in [-0.05, 0) is 29.3 Å². The van der Waals surface area contributed by atoms with Crippen LogP contribution in [-0.4, -0.2) is 37.7 Å². The minimum absolute atomic E-state index is 0.237. The molecule has 2 aromatic rings. The van der Waals surface area contributed by atoms with E-state index in [2.05, 4.69) is 15.8 Å². The van der Waals surface area contributed by atoms with Gasteiger partial charge in [0.25, 0.3) is 5.91 Å². The first-order valence-corrected chi connectivity index (χ1v) is 8.24. The summed E-state index contributed by atoms with van der Waals surface area (Å²) in [6.45, 7) is -0.0429. The molecule has 0 aliphatic carbocycles. The van der Waals surface area contributed by atoms with Crippen LogP contribution in [0.5, 0.6) is 11.5 Å². The van der Waals surface area contributed by atoms with Crippen LogP contribution in [0, 0.1) is 0 Å². The summed E-state index contributed by atoms with van der Waals surface area (Å²) in [5, 5.41) is 6.24. The molecule has 0 atom stereocenters. The molecule has 0 heterocycles. The second-order valence-corrected chi connectivity index (χ2v) is 5.53. The number of carbonyl (C=O) groups excluding carboxylic acids is 3. The topological polar surface area (TPSA) is 132 Å². The predicted octanol–water partition coefficient (Wildman–Crippen LogP) is 0.326. The highest BCUT2D eigenvalue weighted by Crippen LogP contribution is 2.27. The fourth-order valence-electron chi connectivity index (χ4n) is 2.11. The van der Waals surface area contributed by atoms with Gasteiger partial charge in [-0.1, -0.05) is 30.3 Å². The van der Waals surface area contributed by atoms with E-state index in [1.54, 1.807) is 18.2 Å². The SMILES string of the molecule is COc1cc(/C=N/NC(=O)C(=O)NCc2ccccc2)ccc1OCC(N)=O. The van der Waals surface area contributed by atoms with Gasteiger partial charge in [0.1, 0.15) is 0 Å². The first kappa shape index (κ1) is 20.4. The third-order valence-corrected chi connectivity index (χ3v) is 3.44. The molecule has 2 rings (SSSR count). The molecule has 0 bridgehead atoms. The Morgan fingerprint density at radius 3 is 2.50 bits per heavy atom. The van der Waals surface area contributed by atoms with Crippen LogP contribution in [0.3, 0.4) is 0 Å². The molecule has 0 unspecified atom stereocenters. The minimum atomic E-state index is -0.888. The van der Waals surface area contributed by atoms with Crippen LogP contribution in [0.25, 0.3) is 0 Å². The fourth-order valence-corrected chi connectivity index (χ4v) is 2.11. The van der Waals surface area contributed by atoms with Crippen LogP contribution in [-0.2, 0) is 20.9 Å². The van der Waals surface area contributed by atoms with Crippen LogP contribution in [0.2, 0.25) is 0 Å². The molecule has 0 spiro atoms. The number of nitrogens with zero attached hydrogens (tertiary/aromatic N) is 1. The van der Waals surface area contributed by atoms with Crippen LogP contribution < -0.4 is 25.9 Å². The lowest BCUT2D eigenvalue weighted by Crippen LogP contribution is -2.37. The summed E-state index contributed by atoms with van der Waals surface area (Å²) in [7, 11) is 1.44. The van der Waals surface area contributed by atoms with E-state index < -0.39 is 17.7 Å².